The van der Waals surface area contributed by atoms with Crippen molar-refractivity contribution in [1.82, 2.24) is 10.2 Å². The Morgan fingerprint density at radius 2 is 1.91 bits per heavy atom. The Bertz CT molecular complexity index is 929. The Morgan fingerprint density at radius 3 is 2.56 bits per heavy atom. The van der Waals surface area contributed by atoms with Crippen molar-refractivity contribution in [2.24, 2.45) is 5.92 Å². The number of carbonyl (C=O) groups excluding carboxylic acids is 3. The molecule has 2 saturated heterocycles. The number of nitrogens with one attached hydrogen (secondary N) is 2. The van der Waals surface area contributed by atoms with Crippen LogP contribution in [-0.2, 0) is 15.8 Å². The molecule has 2 heterocycles. The summed E-state index contributed by atoms with van der Waals surface area (Å²) in [5.41, 5.74) is -1.34. The first-order valence-electron chi connectivity index (χ1n) is 11.0. The molecule has 2 atom stereocenters. The van der Waals surface area contributed by atoms with Gasteiger partial charge in [0.2, 0.25) is 5.91 Å². The van der Waals surface area contributed by atoms with Gasteiger partial charge in [-0.25, -0.2) is 4.79 Å². The van der Waals surface area contributed by atoms with Crippen molar-refractivity contribution < 1.29 is 27.6 Å². The highest BCUT2D eigenvalue weighted by Crippen LogP contribution is 2.39. The Hall–Kier alpha value is -2.78. The van der Waals surface area contributed by atoms with Gasteiger partial charge in [-0.15, -0.1) is 0 Å². The fraction of sp³-hybridized carbons (Fsp3) is 0.591. The van der Waals surface area contributed by atoms with Gasteiger partial charge in [0.1, 0.15) is 12.1 Å². The SMILES string of the molecule is C[C@@H]1CCCC[C@@]12NC(=O)N(CC(=O)Nc1cc(C(F)(F)F)ccc1N1CCCC1)C2=O. The molecule has 7 nitrogen and oxygen atoms in total. The van der Waals surface area contributed by atoms with Gasteiger partial charge in [-0.05, 0) is 49.8 Å². The molecule has 0 aromatic heterocycles. The lowest BCUT2D eigenvalue weighted by molar-refractivity contribution is -0.137. The number of alkyl halides is 3. The van der Waals surface area contributed by atoms with E-state index in [2.05, 4.69) is 10.6 Å². The minimum atomic E-state index is -4.56. The fourth-order valence-corrected chi connectivity index (χ4v) is 5.02. The number of benzene rings is 1. The maximum Gasteiger partial charge on any atom is 0.416 e. The van der Waals surface area contributed by atoms with E-state index in [1.165, 1.54) is 6.07 Å². The normalized spacial score (nSPS) is 26.1. The molecule has 0 bridgehead atoms. The van der Waals surface area contributed by atoms with Gasteiger partial charge >= 0.3 is 12.2 Å². The number of anilines is 2. The molecular weight excluding hydrogens is 425 g/mol. The highest BCUT2D eigenvalue weighted by molar-refractivity contribution is 6.10. The van der Waals surface area contributed by atoms with Crippen LogP contribution in [0.1, 0.15) is 51.0 Å². The number of urea groups is 1. The summed E-state index contributed by atoms with van der Waals surface area (Å²) < 4.78 is 39.8. The number of rotatable bonds is 4. The van der Waals surface area contributed by atoms with Crippen LogP contribution in [0.3, 0.4) is 0 Å². The molecule has 1 aromatic carbocycles. The van der Waals surface area contributed by atoms with E-state index in [9.17, 15) is 27.6 Å². The van der Waals surface area contributed by atoms with Gasteiger partial charge < -0.3 is 15.5 Å². The molecule has 2 N–H and O–H groups in total. The summed E-state index contributed by atoms with van der Waals surface area (Å²) in [4.78, 5) is 41.1. The van der Waals surface area contributed by atoms with Crippen molar-refractivity contribution in [2.75, 3.05) is 29.9 Å². The number of hydrogen-bond acceptors (Lipinski definition) is 4. The first-order chi connectivity index (χ1) is 15.1. The van der Waals surface area contributed by atoms with E-state index in [1.54, 1.807) is 0 Å². The third-order valence-corrected chi connectivity index (χ3v) is 6.85. The highest BCUT2D eigenvalue weighted by Gasteiger charge is 2.55. The quantitative estimate of drug-likeness (QED) is 0.682. The van der Waals surface area contributed by atoms with Gasteiger partial charge in [-0.2, -0.15) is 13.2 Å². The van der Waals surface area contributed by atoms with Crippen molar-refractivity contribution in [1.29, 1.82) is 0 Å². The minimum Gasteiger partial charge on any atom is -0.370 e. The molecule has 3 fully saturated rings. The maximum atomic E-state index is 13.3. The molecule has 4 amide bonds. The number of halogens is 3. The topological polar surface area (TPSA) is 81.8 Å². The molecule has 1 aliphatic carbocycles. The summed E-state index contributed by atoms with van der Waals surface area (Å²) >= 11 is 0. The van der Waals surface area contributed by atoms with Crippen LogP contribution in [-0.4, -0.2) is 47.9 Å². The van der Waals surface area contributed by atoms with Gasteiger partial charge in [0.15, 0.2) is 0 Å². The second-order valence-corrected chi connectivity index (χ2v) is 8.91. The Morgan fingerprint density at radius 1 is 1.19 bits per heavy atom. The largest absolute Gasteiger partial charge is 0.416 e. The van der Waals surface area contributed by atoms with E-state index >= 15 is 0 Å². The lowest BCUT2D eigenvalue weighted by Crippen LogP contribution is -2.54. The van der Waals surface area contributed by atoms with Gasteiger partial charge in [-0.1, -0.05) is 19.8 Å². The van der Waals surface area contributed by atoms with Crippen LogP contribution < -0.4 is 15.5 Å². The Kier molecular flexibility index (Phi) is 5.81. The predicted octanol–water partition coefficient (Wildman–Crippen LogP) is 3.74. The number of amides is 4. The van der Waals surface area contributed by atoms with Crippen molar-refractivity contribution in [2.45, 2.75) is 57.2 Å². The monoisotopic (exact) mass is 452 g/mol. The molecule has 2 aliphatic heterocycles. The Balaban J connectivity index is 1.53. The maximum absolute atomic E-state index is 13.3. The van der Waals surface area contributed by atoms with Crippen LogP contribution in [0, 0.1) is 5.92 Å². The molecule has 10 heteroatoms. The molecular formula is C22H27F3N4O3. The smallest absolute Gasteiger partial charge is 0.370 e. The second kappa shape index (κ2) is 8.29. The average molecular weight is 452 g/mol. The molecule has 0 unspecified atom stereocenters. The lowest BCUT2D eigenvalue weighted by atomic mass is 9.73. The zero-order valence-electron chi connectivity index (χ0n) is 17.9. The molecule has 174 valence electrons. The predicted molar refractivity (Wildman–Crippen MR) is 112 cm³/mol. The summed E-state index contributed by atoms with van der Waals surface area (Å²) in [6, 6.07) is 2.62. The molecule has 1 aromatic rings. The van der Waals surface area contributed by atoms with Gasteiger partial charge in [0, 0.05) is 13.1 Å². The first-order valence-corrected chi connectivity index (χ1v) is 11.0. The minimum absolute atomic E-state index is 0.0273. The van der Waals surface area contributed by atoms with Crippen LogP contribution in [0.25, 0.3) is 0 Å². The number of imide groups is 1. The lowest BCUT2D eigenvalue weighted by Gasteiger charge is -2.36. The third-order valence-electron chi connectivity index (χ3n) is 6.85. The molecule has 3 aliphatic rings. The summed E-state index contributed by atoms with van der Waals surface area (Å²) in [6.07, 6.45) is 0.367. The van der Waals surface area contributed by atoms with Crippen LogP contribution in [0.2, 0.25) is 0 Å². The summed E-state index contributed by atoms with van der Waals surface area (Å²) in [7, 11) is 0. The van der Waals surface area contributed by atoms with E-state index in [-0.39, 0.29) is 11.6 Å². The highest BCUT2D eigenvalue weighted by atomic mass is 19.4. The van der Waals surface area contributed by atoms with Crippen LogP contribution in [0.15, 0.2) is 18.2 Å². The number of nitrogens with zero attached hydrogens (tertiary/aromatic N) is 2. The summed E-state index contributed by atoms with van der Waals surface area (Å²) in [5.74, 6) is -1.20. The molecule has 1 spiro atoms. The fourth-order valence-electron chi connectivity index (χ4n) is 5.02. The van der Waals surface area contributed by atoms with E-state index < -0.39 is 41.7 Å². The van der Waals surface area contributed by atoms with Crippen molar-refractivity contribution in [3.63, 3.8) is 0 Å². The van der Waals surface area contributed by atoms with Crippen molar-refractivity contribution >= 4 is 29.2 Å². The third kappa shape index (κ3) is 4.02. The number of hydrogen-bond donors (Lipinski definition) is 2. The van der Waals surface area contributed by atoms with E-state index in [4.69, 9.17) is 0 Å². The Labute approximate surface area is 184 Å². The molecule has 32 heavy (non-hydrogen) atoms. The first kappa shape index (κ1) is 22.4. The van der Waals surface area contributed by atoms with Crippen LogP contribution in [0.4, 0.5) is 29.3 Å². The van der Waals surface area contributed by atoms with Crippen molar-refractivity contribution in [3.05, 3.63) is 23.8 Å². The van der Waals surface area contributed by atoms with Crippen molar-refractivity contribution in [3.8, 4) is 0 Å². The van der Waals surface area contributed by atoms with Gasteiger partial charge in [0.25, 0.3) is 5.91 Å². The van der Waals surface area contributed by atoms with E-state index in [1.807, 2.05) is 11.8 Å². The molecule has 0 radical (unpaired) electrons. The second-order valence-electron chi connectivity index (χ2n) is 8.91. The standard InChI is InChI=1S/C22H27F3N4O3/c1-14-6-2-3-9-21(14)19(31)29(20(32)27-21)13-18(30)26-16-12-15(22(23,24)25)7-8-17(16)28-10-4-5-11-28/h7-8,12,14H,2-6,9-11,13H2,1H3,(H,26,30)(H,27,32)/t14-,21-/m1/s1. The van der Waals surface area contributed by atoms with Gasteiger partial charge in [-0.3, -0.25) is 14.5 Å². The average Bonchev–Trinajstić information content (AvgIpc) is 3.33. The summed E-state index contributed by atoms with van der Waals surface area (Å²) in [5, 5.41) is 5.29. The van der Waals surface area contributed by atoms with Crippen LogP contribution in [0.5, 0.6) is 0 Å². The van der Waals surface area contributed by atoms with E-state index in [0.29, 0.717) is 25.2 Å². The molecule has 1 saturated carbocycles. The van der Waals surface area contributed by atoms with E-state index in [0.717, 1.165) is 49.1 Å². The zero-order chi connectivity index (χ0) is 23.1. The molecule has 4 rings (SSSR count). The summed E-state index contributed by atoms with van der Waals surface area (Å²) in [6.45, 7) is 2.73. The van der Waals surface area contributed by atoms with Gasteiger partial charge in [0.05, 0.1) is 16.9 Å². The number of carbonyl (C=O) groups is 3. The zero-order valence-corrected chi connectivity index (χ0v) is 17.9. The van der Waals surface area contributed by atoms with Crippen LogP contribution >= 0.6 is 0 Å².